The summed E-state index contributed by atoms with van der Waals surface area (Å²) < 4.78 is 20.9. The first-order valence-electron chi connectivity index (χ1n) is 7.88. The van der Waals surface area contributed by atoms with E-state index in [0.717, 1.165) is 11.1 Å². The van der Waals surface area contributed by atoms with Gasteiger partial charge in [-0.15, -0.1) is 5.10 Å². The number of allylic oxidation sites excluding steroid dienone is 2. The number of nitrogens with zero attached hydrogens (tertiary/aromatic N) is 2. The predicted octanol–water partition coefficient (Wildman–Crippen LogP) is 3.27. The summed E-state index contributed by atoms with van der Waals surface area (Å²) in [5, 5.41) is 18.4. The number of H-pyrrole nitrogens is 1. The Morgan fingerprint density at radius 2 is 2.08 bits per heavy atom. The van der Waals surface area contributed by atoms with E-state index >= 15 is 4.39 Å². The molecule has 1 aromatic heterocycles. The Hall–Kier alpha value is -2.96. The largest absolute Gasteiger partial charge is 0.476 e. The number of aromatic amines is 1. The van der Waals surface area contributed by atoms with E-state index in [0.29, 0.717) is 0 Å². The van der Waals surface area contributed by atoms with Gasteiger partial charge in [-0.3, -0.25) is 0 Å². The highest BCUT2D eigenvalue weighted by molar-refractivity contribution is 5.87. The fraction of sp³-hybridized carbons (Fsp3) is 0.278. The van der Waals surface area contributed by atoms with Gasteiger partial charge in [0.25, 0.3) is 0 Å². The van der Waals surface area contributed by atoms with E-state index in [1.165, 1.54) is 6.08 Å². The molecule has 3 rings (SSSR count). The molecule has 1 aliphatic rings. The van der Waals surface area contributed by atoms with Gasteiger partial charge in [0.2, 0.25) is 11.6 Å². The van der Waals surface area contributed by atoms with Gasteiger partial charge in [-0.05, 0) is 23.3 Å². The molecule has 0 saturated carbocycles. The van der Waals surface area contributed by atoms with Gasteiger partial charge in [-0.2, -0.15) is 0 Å². The first-order valence-corrected chi connectivity index (χ1v) is 7.88. The van der Waals surface area contributed by atoms with Crippen LogP contribution in [-0.2, 0) is 0 Å². The molecule has 1 aromatic carbocycles. The van der Waals surface area contributed by atoms with Crippen molar-refractivity contribution in [3.05, 3.63) is 59.8 Å². The van der Waals surface area contributed by atoms with Crippen LogP contribution in [0.4, 0.5) is 4.39 Å². The van der Waals surface area contributed by atoms with Crippen LogP contribution in [0.5, 0.6) is 5.88 Å². The first-order chi connectivity index (χ1) is 11.9. The Labute approximate surface area is 144 Å². The molecule has 6 nitrogen and oxygen atoms in total. The number of benzene rings is 1. The van der Waals surface area contributed by atoms with Crippen molar-refractivity contribution >= 4 is 11.5 Å². The Morgan fingerprint density at radius 3 is 2.68 bits per heavy atom. The number of ether oxygens (including phenoxy) is 1. The van der Waals surface area contributed by atoms with Crippen LogP contribution >= 0.6 is 0 Å². The topological polar surface area (TPSA) is 88.1 Å². The second-order valence-electron chi connectivity index (χ2n) is 6.13. The van der Waals surface area contributed by atoms with Crippen molar-refractivity contribution in [3.8, 4) is 5.88 Å². The third-order valence-corrected chi connectivity index (χ3v) is 4.29. The molecule has 0 fully saturated rings. The maximum Gasteiger partial charge on any atom is 0.362 e. The average Bonchev–Trinajstić information content (AvgIpc) is 3.05. The molecular formula is C18H18FN3O3. The van der Waals surface area contributed by atoms with E-state index in [1.54, 1.807) is 12.2 Å². The minimum Gasteiger partial charge on any atom is -0.476 e. The summed E-state index contributed by atoms with van der Waals surface area (Å²) in [4.78, 5) is 11.2. The molecule has 0 bridgehead atoms. The van der Waals surface area contributed by atoms with Crippen molar-refractivity contribution in [2.24, 2.45) is 5.92 Å². The second kappa shape index (κ2) is 6.51. The predicted molar refractivity (Wildman–Crippen MR) is 90.0 cm³/mol. The summed E-state index contributed by atoms with van der Waals surface area (Å²) in [6.07, 6.45) is 3.43. The second-order valence-corrected chi connectivity index (χ2v) is 6.13. The number of nitrogens with one attached hydrogen (secondary N) is 1. The van der Waals surface area contributed by atoms with Crippen LogP contribution in [0, 0.1) is 5.92 Å². The number of aromatic carboxylic acids is 1. The smallest absolute Gasteiger partial charge is 0.362 e. The highest BCUT2D eigenvalue weighted by atomic mass is 19.1. The van der Waals surface area contributed by atoms with Gasteiger partial charge in [0.05, 0.1) is 0 Å². The van der Waals surface area contributed by atoms with Crippen molar-refractivity contribution in [1.29, 1.82) is 0 Å². The lowest BCUT2D eigenvalue weighted by Crippen LogP contribution is -2.49. The zero-order chi connectivity index (χ0) is 18.0. The van der Waals surface area contributed by atoms with E-state index in [4.69, 9.17) is 9.84 Å². The molecule has 0 saturated heterocycles. The minimum absolute atomic E-state index is 0.162. The molecule has 1 aliphatic carbocycles. The van der Waals surface area contributed by atoms with Crippen LogP contribution in [0.1, 0.15) is 29.9 Å². The Bertz CT molecular complexity index is 829. The standard InChI is InChI=1S/C18H18FN3O3/c1-11(2)18(25-16-15(17(23)24)20-22-21-16)9-8-13(10-14(18)19)12-6-4-3-5-7-12/h3-11,14H,1-2H3,(H,23,24)(H,20,21,22). The Morgan fingerprint density at radius 1 is 1.36 bits per heavy atom. The van der Waals surface area contributed by atoms with Crippen molar-refractivity contribution in [2.75, 3.05) is 0 Å². The number of carboxylic acids is 1. The molecule has 0 amide bonds. The van der Waals surface area contributed by atoms with E-state index in [9.17, 15) is 4.79 Å². The number of carbonyl (C=O) groups is 1. The third-order valence-electron chi connectivity index (χ3n) is 4.29. The molecule has 2 atom stereocenters. The monoisotopic (exact) mass is 343 g/mol. The number of hydrogen-bond acceptors (Lipinski definition) is 4. The molecule has 130 valence electrons. The molecule has 2 N–H and O–H groups in total. The lowest BCUT2D eigenvalue weighted by atomic mass is 9.80. The van der Waals surface area contributed by atoms with Crippen LogP contribution < -0.4 is 4.74 Å². The molecule has 2 aromatic rings. The normalized spacial score (nSPS) is 22.7. The Kier molecular flexibility index (Phi) is 4.39. The van der Waals surface area contributed by atoms with Gasteiger partial charge in [0.15, 0.2) is 11.8 Å². The number of halogens is 1. The number of hydrogen-bond donors (Lipinski definition) is 2. The van der Waals surface area contributed by atoms with Gasteiger partial charge < -0.3 is 9.84 Å². The summed E-state index contributed by atoms with van der Waals surface area (Å²) >= 11 is 0. The van der Waals surface area contributed by atoms with Crippen molar-refractivity contribution in [2.45, 2.75) is 25.6 Å². The maximum atomic E-state index is 15.2. The lowest BCUT2D eigenvalue weighted by molar-refractivity contribution is 0.00669. The van der Waals surface area contributed by atoms with Crippen LogP contribution in [0.3, 0.4) is 0 Å². The summed E-state index contributed by atoms with van der Waals surface area (Å²) in [7, 11) is 0. The van der Waals surface area contributed by atoms with Gasteiger partial charge in [0, 0.05) is 5.92 Å². The molecule has 25 heavy (non-hydrogen) atoms. The highest BCUT2D eigenvalue weighted by Gasteiger charge is 2.45. The highest BCUT2D eigenvalue weighted by Crippen LogP contribution is 2.38. The molecule has 0 aliphatic heterocycles. The van der Waals surface area contributed by atoms with E-state index < -0.39 is 17.7 Å². The van der Waals surface area contributed by atoms with E-state index in [2.05, 4.69) is 15.4 Å². The van der Waals surface area contributed by atoms with Crippen LogP contribution in [0.25, 0.3) is 5.57 Å². The minimum atomic E-state index is -1.47. The van der Waals surface area contributed by atoms with Crippen molar-refractivity contribution < 1.29 is 19.0 Å². The molecule has 0 radical (unpaired) electrons. The fourth-order valence-corrected chi connectivity index (χ4v) is 2.80. The number of carboxylic acid groups (broad SMARTS) is 1. The fourth-order valence-electron chi connectivity index (χ4n) is 2.80. The molecule has 2 unspecified atom stereocenters. The zero-order valence-corrected chi connectivity index (χ0v) is 13.8. The van der Waals surface area contributed by atoms with Gasteiger partial charge >= 0.3 is 5.97 Å². The van der Waals surface area contributed by atoms with Crippen LogP contribution in [0.15, 0.2) is 48.6 Å². The summed E-state index contributed by atoms with van der Waals surface area (Å²) in [6.45, 7) is 3.62. The number of rotatable bonds is 5. The SMILES string of the molecule is CC(C)C1(Oc2[nH]nnc2C(=O)O)C=CC(c2ccccc2)=CC1F. The van der Waals surface area contributed by atoms with Crippen LogP contribution in [0.2, 0.25) is 0 Å². The number of aromatic nitrogens is 3. The zero-order valence-electron chi connectivity index (χ0n) is 13.8. The number of alkyl halides is 1. The quantitative estimate of drug-likeness (QED) is 0.870. The molecule has 0 spiro atoms. The molecule has 7 heteroatoms. The van der Waals surface area contributed by atoms with Gasteiger partial charge in [0.1, 0.15) is 0 Å². The van der Waals surface area contributed by atoms with Crippen molar-refractivity contribution in [1.82, 2.24) is 15.4 Å². The summed E-state index contributed by atoms with van der Waals surface area (Å²) in [6, 6.07) is 9.45. The average molecular weight is 343 g/mol. The summed E-state index contributed by atoms with van der Waals surface area (Å²) in [5.74, 6) is -1.72. The summed E-state index contributed by atoms with van der Waals surface area (Å²) in [5.41, 5.74) is -0.0859. The van der Waals surface area contributed by atoms with E-state index in [-0.39, 0.29) is 17.5 Å². The first kappa shape index (κ1) is 16.9. The third kappa shape index (κ3) is 3.05. The lowest BCUT2D eigenvalue weighted by Gasteiger charge is -2.38. The molecular weight excluding hydrogens is 325 g/mol. The van der Waals surface area contributed by atoms with Gasteiger partial charge in [-0.25, -0.2) is 14.3 Å². The van der Waals surface area contributed by atoms with Crippen molar-refractivity contribution in [3.63, 3.8) is 0 Å². The van der Waals surface area contributed by atoms with Gasteiger partial charge in [-0.1, -0.05) is 55.5 Å². The maximum absolute atomic E-state index is 15.2. The molecule has 1 heterocycles. The Balaban J connectivity index is 1.95. The van der Waals surface area contributed by atoms with E-state index in [1.807, 2.05) is 44.2 Å². The van der Waals surface area contributed by atoms with Crippen LogP contribution in [-0.4, -0.2) is 38.3 Å².